The summed E-state index contributed by atoms with van der Waals surface area (Å²) in [6.07, 6.45) is 22.9. The van der Waals surface area contributed by atoms with Crippen molar-refractivity contribution in [3.05, 3.63) is 12.2 Å². The Morgan fingerprint density at radius 3 is 1.55 bits per heavy atom. The SMILES string of the molecule is CCCCC/C=C/CCCCCCCCCCN(C)C. The highest BCUT2D eigenvalue weighted by Gasteiger charge is 1.93. The van der Waals surface area contributed by atoms with Crippen LogP contribution in [-0.2, 0) is 0 Å². The minimum atomic E-state index is 1.25. The molecule has 0 bridgehead atoms. The smallest absolute Gasteiger partial charge is 0.00248 e. The van der Waals surface area contributed by atoms with Gasteiger partial charge in [0.05, 0.1) is 0 Å². The molecular weight excluding hydrogens is 242 g/mol. The summed E-state index contributed by atoms with van der Waals surface area (Å²) >= 11 is 0. The maximum absolute atomic E-state index is 2.40. The molecular formula is C19H39N. The predicted molar refractivity (Wildman–Crippen MR) is 93.4 cm³/mol. The fourth-order valence-electron chi connectivity index (χ4n) is 2.50. The molecule has 1 nitrogen and oxygen atoms in total. The predicted octanol–water partition coefficient (Wildman–Crippen LogP) is 6.20. The van der Waals surface area contributed by atoms with E-state index in [1.165, 1.54) is 90.0 Å². The molecule has 0 aliphatic heterocycles. The van der Waals surface area contributed by atoms with Crippen LogP contribution in [0.4, 0.5) is 0 Å². The van der Waals surface area contributed by atoms with Crippen LogP contribution in [0.1, 0.15) is 90.4 Å². The third-order valence-corrected chi connectivity index (χ3v) is 3.87. The summed E-state index contributed by atoms with van der Waals surface area (Å²) in [5.41, 5.74) is 0. The molecule has 0 heterocycles. The first kappa shape index (κ1) is 19.7. The van der Waals surface area contributed by atoms with Gasteiger partial charge < -0.3 is 4.90 Å². The van der Waals surface area contributed by atoms with Gasteiger partial charge in [-0.05, 0) is 52.7 Å². The summed E-state index contributed by atoms with van der Waals surface area (Å²) in [4.78, 5) is 2.29. The summed E-state index contributed by atoms with van der Waals surface area (Å²) in [6, 6.07) is 0. The second-order valence-corrected chi connectivity index (χ2v) is 6.39. The van der Waals surface area contributed by atoms with Crippen molar-refractivity contribution in [2.75, 3.05) is 20.6 Å². The average Bonchev–Trinajstić information content (AvgIpc) is 2.43. The molecule has 0 N–H and O–H groups in total. The largest absolute Gasteiger partial charge is 0.309 e. The lowest BCUT2D eigenvalue weighted by Gasteiger charge is -2.08. The van der Waals surface area contributed by atoms with E-state index in [0.29, 0.717) is 0 Å². The molecule has 0 aliphatic rings. The highest BCUT2D eigenvalue weighted by molar-refractivity contribution is 4.81. The van der Waals surface area contributed by atoms with Crippen molar-refractivity contribution >= 4 is 0 Å². The molecule has 120 valence electrons. The molecule has 0 radical (unpaired) electrons. The van der Waals surface area contributed by atoms with Crippen LogP contribution in [0.2, 0.25) is 0 Å². The first-order valence-electron chi connectivity index (χ1n) is 9.07. The first-order valence-corrected chi connectivity index (χ1v) is 9.07. The van der Waals surface area contributed by atoms with Crippen molar-refractivity contribution in [2.45, 2.75) is 90.4 Å². The molecule has 0 rings (SSSR count). The van der Waals surface area contributed by atoms with E-state index in [2.05, 4.69) is 38.1 Å². The summed E-state index contributed by atoms with van der Waals surface area (Å²) in [7, 11) is 4.33. The van der Waals surface area contributed by atoms with Gasteiger partial charge >= 0.3 is 0 Å². The fraction of sp³-hybridized carbons (Fsp3) is 0.895. The van der Waals surface area contributed by atoms with Gasteiger partial charge in [-0.15, -0.1) is 0 Å². The maximum Gasteiger partial charge on any atom is -0.00248 e. The normalized spacial score (nSPS) is 11.8. The van der Waals surface area contributed by atoms with E-state index in [9.17, 15) is 0 Å². The monoisotopic (exact) mass is 281 g/mol. The molecule has 0 aliphatic carbocycles. The van der Waals surface area contributed by atoms with Crippen LogP contribution in [0.15, 0.2) is 12.2 Å². The Morgan fingerprint density at radius 2 is 1.05 bits per heavy atom. The standard InChI is InChI=1S/C19H39N/c1-4-5-6-7-8-9-10-11-12-13-14-15-16-17-18-19-20(2)3/h8-9H,4-7,10-19H2,1-3H3/b9-8+. The Labute approximate surface area is 128 Å². The van der Waals surface area contributed by atoms with Gasteiger partial charge in [-0.3, -0.25) is 0 Å². The number of nitrogens with zero attached hydrogens (tertiary/aromatic N) is 1. The van der Waals surface area contributed by atoms with Gasteiger partial charge in [-0.1, -0.05) is 70.4 Å². The van der Waals surface area contributed by atoms with E-state index in [-0.39, 0.29) is 0 Å². The number of unbranched alkanes of at least 4 members (excludes halogenated alkanes) is 11. The Hall–Kier alpha value is -0.300. The molecule has 0 aromatic rings. The van der Waals surface area contributed by atoms with E-state index in [1.54, 1.807) is 0 Å². The van der Waals surface area contributed by atoms with E-state index >= 15 is 0 Å². The minimum Gasteiger partial charge on any atom is -0.309 e. The van der Waals surface area contributed by atoms with Gasteiger partial charge in [0.2, 0.25) is 0 Å². The summed E-state index contributed by atoms with van der Waals surface area (Å²) in [5.74, 6) is 0. The fourth-order valence-corrected chi connectivity index (χ4v) is 2.50. The molecule has 0 atom stereocenters. The first-order chi connectivity index (χ1) is 9.77. The lowest BCUT2D eigenvalue weighted by Crippen LogP contribution is -2.12. The van der Waals surface area contributed by atoms with E-state index < -0.39 is 0 Å². The van der Waals surface area contributed by atoms with Crippen LogP contribution >= 0.6 is 0 Å². The Bertz CT molecular complexity index is 196. The van der Waals surface area contributed by atoms with Crippen LogP contribution in [-0.4, -0.2) is 25.5 Å². The maximum atomic E-state index is 2.40. The van der Waals surface area contributed by atoms with E-state index in [1.807, 2.05) is 0 Å². The van der Waals surface area contributed by atoms with Gasteiger partial charge in [0, 0.05) is 0 Å². The van der Waals surface area contributed by atoms with Crippen molar-refractivity contribution in [3.63, 3.8) is 0 Å². The van der Waals surface area contributed by atoms with Gasteiger partial charge in [0.25, 0.3) is 0 Å². The average molecular weight is 282 g/mol. The quantitative estimate of drug-likeness (QED) is 0.255. The van der Waals surface area contributed by atoms with Gasteiger partial charge in [-0.2, -0.15) is 0 Å². The third-order valence-electron chi connectivity index (χ3n) is 3.87. The van der Waals surface area contributed by atoms with Crippen LogP contribution in [0, 0.1) is 0 Å². The Balaban J connectivity index is 3.02. The Morgan fingerprint density at radius 1 is 0.600 bits per heavy atom. The van der Waals surface area contributed by atoms with Crippen molar-refractivity contribution < 1.29 is 0 Å². The van der Waals surface area contributed by atoms with Crippen LogP contribution in [0.3, 0.4) is 0 Å². The topological polar surface area (TPSA) is 3.24 Å². The molecule has 0 unspecified atom stereocenters. The molecule has 0 aromatic carbocycles. The molecule has 0 aromatic heterocycles. The number of hydrogen-bond donors (Lipinski definition) is 0. The second kappa shape index (κ2) is 16.8. The van der Waals surface area contributed by atoms with Crippen LogP contribution in [0.25, 0.3) is 0 Å². The van der Waals surface area contributed by atoms with Crippen LogP contribution < -0.4 is 0 Å². The van der Waals surface area contributed by atoms with Crippen LogP contribution in [0.5, 0.6) is 0 Å². The molecule has 0 amide bonds. The molecule has 1 heteroatoms. The third kappa shape index (κ3) is 17.7. The highest BCUT2D eigenvalue weighted by Crippen LogP contribution is 2.10. The second-order valence-electron chi connectivity index (χ2n) is 6.39. The Kier molecular flexibility index (Phi) is 16.5. The van der Waals surface area contributed by atoms with E-state index in [4.69, 9.17) is 0 Å². The zero-order valence-electron chi connectivity index (χ0n) is 14.5. The van der Waals surface area contributed by atoms with Crippen molar-refractivity contribution in [1.29, 1.82) is 0 Å². The highest BCUT2D eigenvalue weighted by atomic mass is 15.0. The summed E-state index contributed by atoms with van der Waals surface area (Å²) in [5, 5.41) is 0. The molecule has 0 saturated carbocycles. The van der Waals surface area contributed by atoms with Crippen molar-refractivity contribution in [1.82, 2.24) is 4.90 Å². The van der Waals surface area contributed by atoms with Crippen molar-refractivity contribution in [3.8, 4) is 0 Å². The lowest BCUT2D eigenvalue weighted by atomic mass is 10.1. The number of allylic oxidation sites excluding steroid dienone is 2. The van der Waals surface area contributed by atoms with Gasteiger partial charge in [0.1, 0.15) is 0 Å². The van der Waals surface area contributed by atoms with Crippen molar-refractivity contribution in [2.24, 2.45) is 0 Å². The molecule has 0 spiro atoms. The number of hydrogen-bond acceptors (Lipinski definition) is 1. The summed E-state index contributed by atoms with van der Waals surface area (Å²) in [6.45, 7) is 3.52. The number of rotatable bonds is 15. The van der Waals surface area contributed by atoms with Gasteiger partial charge in [0.15, 0.2) is 0 Å². The molecule has 0 fully saturated rings. The van der Waals surface area contributed by atoms with Gasteiger partial charge in [-0.25, -0.2) is 0 Å². The summed E-state index contributed by atoms with van der Waals surface area (Å²) < 4.78 is 0. The molecule has 0 saturated heterocycles. The minimum absolute atomic E-state index is 1.25. The zero-order chi connectivity index (χ0) is 14.9. The zero-order valence-corrected chi connectivity index (χ0v) is 14.5. The van der Waals surface area contributed by atoms with E-state index in [0.717, 1.165) is 0 Å². The molecule has 20 heavy (non-hydrogen) atoms. The lowest BCUT2D eigenvalue weighted by molar-refractivity contribution is 0.389.